The van der Waals surface area contributed by atoms with E-state index in [1.165, 1.54) is 6.07 Å². The van der Waals surface area contributed by atoms with Crippen molar-refractivity contribution in [3.63, 3.8) is 0 Å². The van der Waals surface area contributed by atoms with Gasteiger partial charge < -0.3 is 24.1 Å². The van der Waals surface area contributed by atoms with Crippen LogP contribution in [0.3, 0.4) is 0 Å². The summed E-state index contributed by atoms with van der Waals surface area (Å²) in [6.07, 6.45) is 10.2. The summed E-state index contributed by atoms with van der Waals surface area (Å²) < 4.78 is 9.41. The smallest absolute Gasteiger partial charge is 0.274 e. The fourth-order valence-corrected chi connectivity index (χ4v) is 5.14. The molecule has 8 nitrogen and oxygen atoms in total. The summed E-state index contributed by atoms with van der Waals surface area (Å²) in [5.41, 5.74) is 1.40. The maximum absolute atomic E-state index is 12.9. The van der Waals surface area contributed by atoms with Crippen molar-refractivity contribution in [2.75, 3.05) is 11.9 Å². The molecular weight excluding hydrogens is 396 g/mol. The second kappa shape index (κ2) is 6.20. The van der Waals surface area contributed by atoms with Crippen LogP contribution in [-0.2, 0) is 10.2 Å². The van der Waals surface area contributed by atoms with Gasteiger partial charge in [-0.1, -0.05) is 0 Å². The number of aromatic hydroxyl groups is 1. The Morgan fingerprint density at radius 3 is 2.84 bits per heavy atom. The molecule has 0 aromatic carbocycles. The molecule has 0 spiro atoms. The third-order valence-corrected chi connectivity index (χ3v) is 7.06. The van der Waals surface area contributed by atoms with Crippen LogP contribution in [0.5, 0.6) is 5.75 Å². The Labute approximate surface area is 178 Å². The highest BCUT2D eigenvalue weighted by Crippen LogP contribution is 2.53. The summed E-state index contributed by atoms with van der Waals surface area (Å²) >= 11 is 0. The Bertz CT molecular complexity index is 1280. The molecule has 6 rings (SSSR count). The Balaban J connectivity index is 1.32. The molecule has 2 N–H and O–H groups in total. The third-order valence-electron chi connectivity index (χ3n) is 7.06. The summed E-state index contributed by atoms with van der Waals surface area (Å²) in [5, 5.41) is 13.2. The lowest BCUT2D eigenvalue weighted by Gasteiger charge is -2.24. The van der Waals surface area contributed by atoms with Crippen LogP contribution in [0.4, 0.5) is 5.69 Å². The van der Waals surface area contributed by atoms with Crippen LogP contribution in [0.15, 0.2) is 41.6 Å². The predicted octanol–water partition coefficient (Wildman–Crippen LogP) is 3.00. The zero-order chi connectivity index (χ0) is 21.4. The highest BCUT2D eigenvalue weighted by Gasteiger charge is 2.55. The number of ether oxygens (including phenoxy) is 1. The second-order valence-electron chi connectivity index (χ2n) is 9.48. The van der Waals surface area contributed by atoms with E-state index in [4.69, 9.17) is 9.72 Å². The van der Waals surface area contributed by atoms with E-state index in [1.807, 2.05) is 6.20 Å². The van der Waals surface area contributed by atoms with Crippen molar-refractivity contribution >= 4 is 17.2 Å². The highest BCUT2D eigenvalue weighted by molar-refractivity contribution is 6.06. The van der Waals surface area contributed by atoms with E-state index in [0.29, 0.717) is 12.3 Å². The topological polar surface area (TPSA) is 97.9 Å². The molecular formula is C23H24N4O4. The number of anilines is 1. The van der Waals surface area contributed by atoms with Crippen LogP contribution >= 0.6 is 0 Å². The molecule has 0 radical (unpaired) electrons. The molecule has 3 aromatic rings. The first-order valence-electron chi connectivity index (χ1n) is 10.7. The number of imidazole rings is 1. The minimum Gasteiger partial charge on any atom is -0.507 e. The van der Waals surface area contributed by atoms with E-state index < -0.39 is 5.91 Å². The first-order valence-corrected chi connectivity index (χ1v) is 10.7. The molecule has 1 saturated heterocycles. The minimum absolute atomic E-state index is 0.0773. The fourth-order valence-electron chi connectivity index (χ4n) is 5.14. The van der Waals surface area contributed by atoms with Crippen LogP contribution in [0.2, 0.25) is 0 Å². The number of fused-ring (bicyclic) bond motifs is 3. The van der Waals surface area contributed by atoms with E-state index in [-0.39, 0.29) is 39.6 Å². The summed E-state index contributed by atoms with van der Waals surface area (Å²) in [5.74, 6) is -0.701. The van der Waals surface area contributed by atoms with Gasteiger partial charge >= 0.3 is 0 Å². The van der Waals surface area contributed by atoms with Gasteiger partial charge in [0.2, 0.25) is 0 Å². The van der Waals surface area contributed by atoms with Crippen molar-refractivity contribution < 1.29 is 14.6 Å². The average molecular weight is 420 g/mol. The third kappa shape index (κ3) is 2.89. The Hall–Kier alpha value is -3.13. The Morgan fingerprint density at radius 2 is 2.16 bits per heavy atom. The number of pyridine rings is 2. The number of nitrogens with one attached hydrogen (secondary N) is 1. The Morgan fingerprint density at radius 1 is 1.32 bits per heavy atom. The molecule has 1 amide bonds. The molecule has 3 aromatic heterocycles. The highest BCUT2D eigenvalue weighted by atomic mass is 16.5. The molecule has 2 bridgehead atoms. The van der Waals surface area contributed by atoms with Gasteiger partial charge in [-0.25, -0.2) is 4.98 Å². The molecule has 1 aliphatic heterocycles. The summed E-state index contributed by atoms with van der Waals surface area (Å²) in [7, 11) is 0. The maximum atomic E-state index is 12.9. The number of nitrogens with zero attached hydrogens (tertiary/aromatic N) is 3. The van der Waals surface area contributed by atoms with Crippen molar-refractivity contribution in [2.45, 2.75) is 56.1 Å². The van der Waals surface area contributed by atoms with E-state index in [9.17, 15) is 14.7 Å². The van der Waals surface area contributed by atoms with Crippen LogP contribution in [0.1, 0.15) is 61.1 Å². The van der Waals surface area contributed by atoms with Gasteiger partial charge in [-0.15, -0.1) is 0 Å². The molecule has 2 atom stereocenters. The average Bonchev–Trinajstić information content (AvgIpc) is 3.27. The fraction of sp³-hybridized carbons (Fsp3) is 0.435. The number of aromatic nitrogens is 3. The maximum Gasteiger partial charge on any atom is 0.274 e. The molecule has 160 valence electrons. The SMILES string of the molecule is CC12CCC(c3cn4cc(C(=O)Nc5cccn(C6CC6)c5=O)c(O)cc4n3)(CO1)C2. The summed E-state index contributed by atoms with van der Waals surface area (Å²) in [6, 6.07) is 5.04. The molecule has 2 aliphatic carbocycles. The molecule has 4 heterocycles. The van der Waals surface area contributed by atoms with Gasteiger partial charge in [-0.05, 0) is 51.2 Å². The molecule has 3 fully saturated rings. The second-order valence-corrected chi connectivity index (χ2v) is 9.48. The van der Waals surface area contributed by atoms with E-state index in [2.05, 4.69) is 12.2 Å². The van der Waals surface area contributed by atoms with Crippen molar-refractivity contribution in [2.24, 2.45) is 0 Å². The van der Waals surface area contributed by atoms with Gasteiger partial charge in [0.15, 0.2) is 0 Å². The molecule has 3 aliphatic rings. The molecule has 8 heteroatoms. The normalized spacial score (nSPS) is 27.1. The van der Waals surface area contributed by atoms with Crippen molar-refractivity contribution in [3.8, 4) is 5.75 Å². The Kier molecular flexibility index (Phi) is 3.72. The first-order chi connectivity index (χ1) is 14.9. The number of rotatable bonds is 4. The van der Waals surface area contributed by atoms with Crippen molar-refractivity contribution in [1.82, 2.24) is 14.0 Å². The lowest BCUT2D eigenvalue weighted by molar-refractivity contribution is -0.00627. The number of hydrogen-bond donors (Lipinski definition) is 2. The zero-order valence-corrected chi connectivity index (χ0v) is 17.3. The minimum atomic E-state index is -0.531. The lowest BCUT2D eigenvalue weighted by Crippen LogP contribution is -2.26. The number of hydrogen-bond acceptors (Lipinski definition) is 5. The van der Waals surface area contributed by atoms with Crippen LogP contribution in [-0.4, -0.2) is 37.2 Å². The van der Waals surface area contributed by atoms with Crippen molar-refractivity contribution in [3.05, 3.63) is 58.4 Å². The standard InChI is InChI=1S/C23H24N4O4/c1-22-6-7-23(12-22,13-31-22)18-11-26-10-15(17(28)9-19(26)25-18)20(29)24-16-3-2-8-27(21(16)30)14-4-5-14/h2-3,8-11,14,28H,4-7,12-13H2,1H3,(H,24,29). The van der Waals surface area contributed by atoms with Gasteiger partial charge in [0, 0.05) is 36.1 Å². The first kappa shape index (κ1) is 18.6. The number of carbonyl (C=O) groups excluding carboxylic acids is 1. The molecule has 31 heavy (non-hydrogen) atoms. The quantitative estimate of drug-likeness (QED) is 0.676. The summed E-state index contributed by atoms with van der Waals surface area (Å²) in [4.78, 5) is 30.2. The van der Waals surface area contributed by atoms with E-state index in [1.54, 1.807) is 33.5 Å². The van der Waals surface area contributed by atoms with Gasteiger partial charge in [-0.2, -0.15) is 0 Å². The lowest BCUT2D eigenvalue weighted by atomic mass is 9.84. The van der Waals surface area contributed by atoms with Crippen molar-refractivity contribution in [1.29, 1.82) is 0 Å². The largest absolute Gasteiger partial charge is 0.507 e. The number of carbonyl (C=O) groups is 1. The monoisotopic (exact) mass is 420 g/mol. The predicted molar refractivity (Wildman–Crippen MR) is 114 cm³/mol. The number of amides is 1. The van der Waals surface area contributed by atoms with E-state index in [0.717, 1.165) is 37.8 Å². The van der Waals surface area contributed by atoms with Gasteiger partial charge in [-0.3, -0.25) is 9.59 Å². The van der Waals surface area contributed by atoms with Gasteiger partial charge in [0.1, 0.15) is 17.1 Å². The summed E-state index contributed by atoms with van der Waals surface area (Å²) in [6.45, 7) is 2.79. The van der Waals surface area contributed by atoms with Crippen LogP contribution < -0.4 is 10.9 Å². The molecule has 2 unspecified atom stereocenters. The van der Waals surface area contributed by atoms with Crippen LogP contribution in [0.25, 0.3) is 5.65 Å². The van der Waals surface area contributed by atoms with E-state index >= 15 is 0 Å². The molecule has 2 saturated carbocycles. The zero-order valence-electron chi connectivity index (χ0n) is 17.3. The van der Waals surface area contributed by atoms with Gasteiger partial charge in [0.05, 0.1) is 23.5 Å². The van der Waals surface area contributed by atoms with Crippen LogP contribution in [0, 0.1) is 0 Å². The van der Waals surface area contributed by atoms with Gasteiger partial charge in [0.25, 0.3) is 11.5 Å².